The summed E-state index contributed by atoms with van der Waals surface area (Å²) in [6.45, 7) is 7.02. The van der Waals surface area contributed by atoms with Gasteiger partial charge in [0.2, 0.25) is 5.91 Å². The first kappa shape index (κ1) is 17.1. The van der Waals surface area contributed by atoms with Crippen molar-refractivity contribution in [1.29, 1.82) is 0 Å². The van der Waals surface area contributed by atoms with E-state index in [0.717, 1.165) is 23.5 Å². The van der Waals surface area contributed by atoms with Crippen LogP contribution in [0.1, 0.15) is 43.1 Å². The van der Waals surface area contributed by atoms with E-state index in [0.29, 0.717) is 12.5 Å². The van der Waals surface area contributed by atoms with Crippen molar-refractivity contribution in [3.63, 3.8) is 0 Å². The summed E-state index contributed by atoms with van der Waals surface area (Å²) in [5, 5.41) is 5.95. The Morgan fingerprint density at radius 2 is 1.91 bits per heavy atom. The predicted octanol–water partition coefficient (Wildman–Crippen LogP) is 3.03. The monoisotopic (exact) mass is 312 g/mol. The summed E-state index contributed by atoms with van der Waals surface area (Å²) in [5.74, 6) is 0.471. The fourth-order valence-electron chi connectivity index (χ4n) is 2.15. The number of aryl methyl sites for hydroxylation is 1. The van der Waals surface area contributed by atoms with Gasteiger partial charge < -0.3 is 10.6 Å². The number of amides is 1. The molecule has 1 unspecified atom stereocenters. The fraction of sp³-hybridized carbons (Fsp3) is 0.389. The smallest absolute Gasteiger partial charge is 0.238 e. The van der Waals surface area contributed by atoms with Gasteiger partial charge in [-0.1, -0.05) is 26.0 Å². The second-order valence-corrected chi connectivity index (χ2v) is 5.73. The Morgan fingerprint density at radius 1 is 1.17 bits per heavy atom. The Bertz CT molecular complexity index is 622. The molecule has 0 aliphatic heterocycles. The van der Waals surface area contributed by atoms with E-state index < -0.39 is 0 Å². The summed E-state index contributed by atoms with van der Waals surface area (Å²) in [5.41, 5.74) is 3.81. The molecule has 1 amide bonds. The van der Waals surface area contributed by atoms with Crippen molar-refractivity contribution in [1.82, 2.24) is 15.3 Å². The molecule has 0 fully saturated rings. The van der Waals surface area contributed by atoms with E-state index in [1.807, 2.05) is 19.1 Å². The van der Waals surface area contributed by atoms with Crippen molar-refractivity contribution < 1.29 is 4.79 Å². The maximum atomic E-state index is 11.9. The molecule has 2 rings (SSSR count). The van der Waals surface area contributed by atoms with Crippen molar-refractivity contribution in [2.24, 2.45) is 0 Å². The van der Waals surface area contributed by atoms with Gasteiger partial charge >= 0.3 is 0 Å². The molecule has 0 aliphatic carbocycles. The van der Waals surface area contributed by atoms with E-state index >= 15 is 0 Å². The number of nitrogens with one attached hydrogen (secondary N) is 2. The van der Waals surface area contributed by atoms with Crippen LogP contribution in [0.5, 0.6) is 0 Å². The molecule has 23 heavy (non-hydrogen) atoms. The Hall–Kier alpha value is -2.27. The molecule has 2 N–H and O–H groups in total. The average Bonchev–Trinajstić information content (AvgIpc) is 2.56. The number of benzene rings is 1. The molecule has 1 heterocycles. The Kier molecular flexibility index (Phi) is 6.23. The summed E-state index contributed by atoms with van der Waals surface area (Å²) in [4.78, 5) is 20.3. The van der Waals surface area contributed by atoms with E-state index in [2.05, 4.69) is 46.6 Å². The van der Waals surface area contributed by atoms with Crippen molar-refractivity contribution >= 4 is 11.6 Å². The average molecular weight is 312 g/mol. The van der Waals surface area contributed by atoms with Gasteiger partial charge in [0.1, 0.15) is 0 Å². The van der Waals surface area contributed by atoms with Crippen molar-refractivity contribution in [3.05, 3.63) is 53.6 Å². The predicted molar refractivity (Wildman–Crippen MR) is 92.3 cm³/mol. The van der Waals surface area contributed by atoms with Gasteiger partial charge in [-0.05, 0) is 37.0 Å². The van der Waals surface area contributed by atoms with E-state index in [-0.39, 0.29) is 12.5 Å². The first-order valence-electron chi connectivity index (χ1n) is 7.96. The molecular formula is C18H24N4O. The van der Waals surface area contributed by atoms with Crippen LogP contribution < -0.4 is 10.6 Å². The van der Waals surface area contributed by atoms with Crippen LogP contribution in [0.15, 0.2) is 36.7 Å². The molecule has 122 valence electrons. The summed E-state index contributed by atoms with van der Waals surface area (Å²) in [6, 6.07) is 8.04. The molecular weight excluding hydrogens is 288 g/mol. The normalized spacial score (nSPS) is 12.0. The van der Waals surface area contributed by atoms with Gasteiger partial charge in [-0.3, -0.25) is 14.8 Å². The molecule has 5 nitrogen and oxygen atoms in total. The zero-order chi connectivity index (χ0) is 16.7. The van der Waals surface area contributed by atoms with Crippen LogP contribution in [0, 0.1) is 6.92 Å². The van der Waals surface area contributed by atoms with Gasteiger partial charge in [-0.15, -0.1) is 0 Å². The highest BCUT2D eigenvalue weighted by atomic mass is 16.1. The number of anilines is 1. The topological polar surface area (TPSA) is 66.9 Å². The number of hydrogen-bond donors (Lipinski definition) is 2. The lowest BCUT2D eigenvalue weighted by Gasteiger charge is -2.11. The third-order valence-electron chi connectivity index (χ3n) is 3.80. The van der Waals surface area contributed by atoms with Gasteiger partial charge in [0.25, 0.3) is 0 Å². The maximum Gasteiger partial charge on any atom is 0.238 e. The molecule has 0 spiro atoms. The number of carbonyl (C=O) groups excluding carboxylic acids is 1. The molecule has 1 aromatic heterocycles. The van der Waals surface area contributed by atoms with Crippen LogP contribution in [0.3, 0.4) is 0 Å². The number of nitrogens with zero attached hydrogens (tertiary/aromatic N) is 2. The number of carbonyl (C=O) groups is 1. The molecule has 0 aliphatic rings. The summed E-state index contributed by atoms with van der Waals surface area (Å²) in [6.07, 6.45) is 4.54. The zero-order valence-corrected chi connectivity index (χ0v) is 14.0. The summed E-state index contributed by atoms with van der Waals surface area (Å²) >= 11 is 0. The third-order valence-corrected chi connectivity index (χ3v) is 3.80. The fourth-order valence-corrected chi connectivity index (χ4v) is 2.15. The molecule has 1 aromatic carbocycles. The molecule has 2 aromatic rings. The summed E-state index contributed by atoms with van der Waals surface area (Å²) in [7, 11) is 0. The molecule has 0 saturated heterocycles. The van der Waals surface area contributed by atoms with E-state index in [1.54, 1.807) is 12.4 Å². The van der Waals surface area contributed by atoms with Crippen molar-refractivity contribution in [2.45, 2.75) is 39.7 Å². The first-order chi connectivity index (χ1) is 11.1. The number of rotatable bonds is 7. The second-order valence-electron chi connectivity index (χ2n) is 5.73. The van der Waals surface area contributed by atoms with E-state index in [1.165, 1.54) is 5.56 Å². The maximum absolute atomic E-state index is 11.9. The molecule has 0 saturated carbocycles. The van der Waals surface area contributed by atoms with E-state index in [9.17, 15) is 4.79 Å². The highest BCUT2D eigenvalue weighted by Gasteiger charge is 2.05. The minimum Gasteiger partial charge on any atom is -0.325 e. The van der Waals surface area contributed by atoms with Crippen LogP contribution in [0.2, 0.25) is 0 Å². The largest absolute Gasteiger partial charge is 0.325 e. The minimum atomic E-state index is -0.0682. The highest BCUT2D eigenvalue weighted by Crippen LogP contribution is 2.20. The van der Waals surface area contributed by atoms with Crippen molar-refractivity contribution in [3.8, 4) is 0 Å². The lowest BCUT2D eigenvalue weighted by Crippen LogP contribution is -2.28. The highest BCUT2D eigenvalue weighted by molar-refractivity contribution is 5.92. The van der Waals surface area contributed by atoms with Crippen LogP contribution in [-0.4, -0.2) is 22.4 Å². The third kappa shape index (κ3) is 5.45. The first-order valence-corrected chi connectivity index (χ1v) is 7.96. The van der Waals surface area contributed by atoms with Crippen LogP contribution in [0.25, 0.3) is 0 Å². The van der Waals surface area contributed by atoms with Gasteiger partial charge in [0.15, 0.2) is 0 Å². The lowest BCUT2D eigenvalue weighted by atomic mass is 9.99. The number of aromatic nitrogens is 2. The molecule has 1 atom stereocenters. The molecule has 5 heteroatoms. The van der Waals surface area contributed by atoms with Crippen LogP contribution >= 0.6 is 0 Å². The van der Waals surface area contributed by atoms with Gasteiger partial charge in [-0.2, -0.15) is 0 Å². The van der Waals surface area contributed by atoms with Gasteiger partial charge in [0.05, 0.1) is 17.9 Å². The lowest BCUT2D eigenvalue weighted by molar-refractivity contribution is -0.115. The molecule has 0 radical (unpaired) electrons. The van der Waals surface area contributed by atoms with Gasteiger partial charge in [0, 0.05) is 24.6 Å². The quantitative estimate of drug-likeness (QED) is 0.824. The standard InChI is InChI=1S/C18H24N4O/c1-4-13(2)15-5-7-16(8-6-15)22-18(23)12-19-10-17-11-20-14(3)9-21-17/h5-9,11,13,19H,4,10,12H2,1-3H3,(H,22,23). The van der Waals surface area contributed by atoms with Crippen molar-refractivity contribution in [2.75, 3.05) is 11.9 Å². The van der Waals surface area contributed by atoms with E-state index in [4.69, 9.17) is 0 Å². The summed E-state index contributed by atoms with van der Waals surface area (Å²) < 4.78 is 0. The van der Waals surface area contributed by atoms with Crippen LogP contribution in [0.4, 0.5) is 5.69 Å². The SMILES string of the molecule is CCC(C)c1ccc(NC(=O)CNCc2cnc(C)cn2)cc1. The Morgan fingerprint density at radius 3 is 2.52 bits per heavy atom. The Balaban J connectivity index is 1.77. The zero-order valence-electron chi connectivity index (χ0n) is 14.0. The minimum absolute atomic E-state index is 0.0682. The number of hydrogen-bond acceptors (Lipinski definition) is 4. The van der Waals surface area contributed by atoms with Crippen LogP contribution in [-0.2, 0) is 11.3 Å². The Labute approximate surface area is 137 Å². The van der Waals surface area contributed by atoms with Gasteiger partial charge in [-0.25, -0.2) is 0 Å². The molecule has 0 bridgehead atoms. The second kappa shape index (κ2) is 8.39.